The van der Waals surface area contributed by atoms with Crippen LogP contribution in [0.2, 0.25) is 0 Å². The second kappa shape index (κ2) is 5.82. The molecule has 25 heavy (non-hydrogen) atoms. The first kappa shape index (κ1) is 15.5. The lowest BCUT2D eigenvalue weighted by molar-refractivity contribution is 0.0979. The Kier molecular flexibility index (Phi) is 3.62. The normalized spacial score (nSPS) is 18.8. The summed E-state index contributed by atoms with van der Waals surface area (Å²) in [7, 11) is -1.31. The molecule has 126 valence electrons. The van der Waals surface area contributed by atoms with Gasteiger partial charge in [0.1, 0.15) is 5.75 Å². The first-order valence-electron chi connectivity index (χ1n) is 7.62. The quantitative estimate of drug-likeness (QED) is 0.735. The predicted molar refractivity (Wildman–Crippen MR) is 96.2 cm³/mol. The number of nitrogens with one attached hydrogen (secondary N) is 1. The van der Waals surface area contributed by atoms with Gasteiger partial charge in [0, 0.05) is 22.1 Å². The lowest BCUT2D eigenvalue weighted by Gasteiger charge is -2.22. The molecule has 3 aromatic rings. The number of hydrogen-bond donors (Lipinski definition) is 1. The Morgan fingerprint density at radius 2 is 1.88 bits per heavy atom. The minimum Gasteiger partial charge on any atom is -0.495 e. The molecule has 0 bridgehead atoms. The molecule has 2 aromatic carbocycles. The number of rotatable bonds is 3. The van der Waals surface area contributed by atoms with Gasteiger partial charge in [-0.1, -0.05) is 24.3 Å². The first-order chi connectivity index (χ1) is 12.1. The standard InChI is InChI=1S/C19H15NO4S/c1-23-18-16(13-9-10-24-11-13)8-7-14-12-25(22,20-19(21)17(14)18)15-5-3-2-4-6-15/h2-12H,1H3,(H,20,21,22). The van der Waals surface area contributed by atoms with Gasteiger partial charge in [0.05, 0.1) is 39.8 Å². The molecule has 4 rings (SSSR count). The van der Waals surface area contributed by atoms with Gasteiger partial charge in [0.25, 0.3) is 5.91 Å². The van der Waals surface area contributed by atoms with Gasteiger partial charge in [-0.15, -0.1) is 0 Å². The summed E-state index contributed by atoms with van der Waals surface area (Å²) in [5, 5.41) is 1.60. The molecule has 0 saturated carbocycles. The third-order valence-corrected chi connectivity index (χ3v) is 6.13. The van der Waals surface area contributed by atoms with Gasteiger partial charge in [0.15, 0.2) is 0 Å². The van der Waals surface area contributed by atoms with Crippen molar-refractivity contribution >= 4 is 21.0 Å². The maximum Gasteiger partial charge on any atom is 0.267 e. The molecule has 1 atom stereocenters. The summed E-state index contributed by atoms with van der Waals surface area (Å²) in [5.41, 5.74) is 2.51. The number of methoxy groups -OCH3 is 1. The fraction of sp³-hybridized carbons (Fsp3) is 0.0526. The summed E-state index contributed by atoms with van der Waals surface area (Å²) in [4.78, 5) is 13.3. The highest BCUT2D eigenvalue weighted by Crippen LogP contribution is 2.36. The average molecular weight is 353 g/mol. The van der Waals surface area contributed by atoms with E-state index in [1.165, 1.54) is 7.11 Å². The molecule has 0 fully saturated rings. The molecule has 5 nitrogen and oxygen atoms in total. The molecule has 0 radical (unpaired) electrons. The van der Waals surface area contributed by atoms with Crippen LogP contribution in [0.3, 0.4) is 0 Å². The number of hydrogen-bond acceptors (Lipinski definition) is 4. The van der Waals surface area contributed by atoms with E-state index in [0.29, 0.717) is 21.8 Å². The van der Waals surface area contributed by atoms with E-state index < -0.39 is 15.6 Å². The molecule has 1 amide bonds. The van der Waals surface area contributed by atoms with Crippen molar-refractivity contribution in [2.45, 2.75) is 4.90 Å². The van der Waals surface area contributed by atoms with Crippen LogP contribution in [0.5, 0.6) is 5.75 Å². The molecule has 1 aliphatic rings. The van der Waals surface area contributed by atoms with Crippen molar-refractivity contribution in [2.75, 3.05) is 7.11 Å². The van der Waals surface area contributed by atoms with E-state index >= 15 is 0 Å². The molecule has 1 N–H and O–H groups in total. The zero-order valence-electron chi connectivity index (χ0n) is 13.4. The van der Waals surface area contributed by atoms with E-state index in [1.54, 1.807) is 54.3 Å². The highest BCUT2D eigenvalue weighted by Gasteiger charge is 2.28. The van der Waals surface area contributed by atoms with Crippen LogP contribution in [-0.4, -0.2) is 22.6 Å². The van der Waals surface area contributed by atoms with Crippen LogP contribution in [0.4, 0.5) is 0 Å². The predicted octanol–water partition coefficient (Wildman–Crippen LogP) is 3.11. The second-order valence-corrected chi connectivity index (χ2v) is 7.70. The number of ether oxygens (including phenoxy) is 1. The van der Waals surface area contributed by atoms with Crippen molar-refractivity contribution < 1.29 is 18.2 Å². The van der Waals surface area contributed by atoms with Gasteiger partial charge in [-0.25, -0.2) is 4.21 Å². The van der Waals surface area contributed by atoms with E-state index in [-0.39, 0.29) is 0 Å². The first-order valence-corrected chi connectivity index (χ1v) is 9.24. The van der Waals surface area contributed by atoms with Crippen LogP contribution in [0, 0.1) is 0 Å². The Morgan fingerprint density at radius 1 is 1.08 bits per heavy atom. The molecule has 2 heterocycles. The fourth-order valence-electron chi connectivity index (χ4n) is 2.93. The SMILES string of the molecule is COc1c(-c2ccoc2)ccc2c1C(=O)NS(=O)(c1ccccc1)=C2. The molecule has 0 aliphatic carbocycles. The second-order valence-electron chi connectivity index (χ2n) is 5.59. The Morgan fingerprint density at radius 3 is 2.56 bits per heavy atom. The van der Waals surface area contributed by atoms with Gasteiger partial charge in [0.2, 0.25) is 0 Å². The smallest absolute Gasteiger partial charge is 0.267 e. The summed E-state index contributed by atoms with van der Waals surface area (Å²) in [6, 6.07) is 14.3. The minimum absolute atomic E-state index is 0.371. The van der Waals surface area contributed by atoms with Gasteiger partial charge in [-0.2, -0.15) is 0 Å². The van der Waals surface area contributed by atoms with Crippen LogP contribution < -0.4 is 9.46 Å². The summed E-state index contributed by atoms with van der Waals surface area (Å²) >= 11 is 0. The summed E-state index contributed by atoms with van der Waals surface area (Å²) in [6.07, 6.45) is 3.14. The molecular formula is C19H15NO4S. The molecule has 6 heteroatoms. The van der Waals surface area contributed by atoms with E-state index in [9.17, 15) is 9.00 Å². The third kappa shape index (κ3) is 2.51. The van der Waals surface area contributed by atoms with Crippen LogP contribution in [0.15, 0.2) is 70.4 Å². The molecule has 1 aromatic heterocycles. The van der Waals surface area contributed by atoms with Crippen LogP contribution in [0.25, 0.3) is 11.1 Å². The van der Waals surface area contributed by atoms with Gasteiger partial charge in [-0.05, 0) is 24.3 Å². The van der Waals surface area contributed by atoms with Crippen molar-refractivity contribution in [1.29, 1.82) is 0 Å². The van der Waals surface area contributed by atoms with Gasteiger partial charge < -0.3 is 9.15 Å². The molecular weight excluding hydrogens is 338 g/mol. The largest absolute Gasteiger partial charge is 0.495 e. The number of benzene rings is 2. The lowest BCUT2D eigenvalue weighted by Crippen LogP contribution is -2.37. The van der Waals surface area contributed by atoms with Gasteiger partial charge in [-0.3, -0.25) is 9.52 Å². The van der Waals surface area contributed by atoms with Crippen molar-refractivity contribution in [2.24, 2.45) is 0 Å². The number of carbonyl (C=O) groups is 1. The Balaban J connectivity index is 1.95. The third-order valence-electron chi connectivity index (χ3n) is 4.08. The number of fused-ring (bicyclic) bond motifs is 1. The maximum absolute atomic E-state index is 13.3. The van der Waals surface area contributed by atoms with Crippen molar-refractivity contribution in [3.63, 3.8) is 0 Å². The summed E-state index contributed by atoms with van der Waals surface area (Å²) < 4.78 is 26.5. The maximum atomic E-state index is 13.3. The van der Waals surface area contributed by atoms with Crippen molar-refractivity contribution in [3.8, 4) is 16.9 Å². The zero-order valence-corrected chi connectivity index (χ0v) is 14.2. The zero-order chi connectivity index (χ0) is 17.4. The van der Waals surface area contributed by atoms with Crippen molar-refractivity contribution in [3.05, 3.63) is 72.2 Å². The minimum atomic E-state index is -2.82. The number of furan rings is 1. The van der Waals surface area contributed by atoms with Crippen molar-refractivity contribution in [1.82, 2.24) is 4.72 Å². The fourth-order valence-corrected chi connectivity index (χ4v) is 4.74. The Bertz CT molecular complexity index is 1060. The van der Waals surface area contributed by atoms with E-state index in [2.05, 4.69) is 4.72 Å². The number of carbonyl (C=O) groups excluding carboxylic acids is 1. The Hall–Kier alpha value is -2.99. The monoisotopic (exact) mass is 353 g/mol. The molecule has 1 aliphatic heterocycles. The van der Waals surface area contributed by atoms with E-state index in [0.717, 1.165) is 11.1 Å². The molecule has 0 spiro atoms. The van der Waals surface area contributed by atoms with Crippen LogP contribution in [-0.2, 0) is 9.71 Å². The summed E-state index contributed by atoms with van der Waals surface area (Å²) in [6.45, 7) is 0. The topological polar surface area (TPSA) is 68.5 Å². The van der Waals surface area contributed by atoms with Crippen LogP contribution in [0.1, 0.15) is 15.9 Å². The highest BCUT2D eigenvalue weighted by molar-refractivity contribution is 8.00. The molecule has 1 unspecified atom stereocenters. The van der Waals surface area contributed by atoms with E-state index in [4.69, 9.17) is 9.15 Å². The summed E-state index contributed by atoms with van der Waals surface area (Å²) in [5.74, 6) is 0.00992. The molecule has 0 saturated heterocycles. The number of amides is 1. The highest BCUT2D eigenvalue weighted by atomic mass is 32.2. The van der Waals surface area contributed by atoms with Gasteiger partial charge >= 0.3 is 0 Å². The average Bonchev–Trinajstić information content (AvgIpc) is 3.16. The van der Waals surface area contributed by atoms with Crippen LogP contribution >= 0.6 is 0 Å². The van der Waals surface area contributed by atoms with E-state index in [1.807, 2.05) is 12.1 Å². The Labute approximate surface area is 145 Å². The lowest BCUT2D eigenvalue weighted by atomic mass is 9.99.